The number of nitrogens with one attached hydrogen (secondary N) is 1. The summed E-state index contributed by atoms with van der Waals surface area (Å²) in [4.78, 5) is 10.5. The Morgan fingerprint density at radius 1 is 1.48 bits per heavy atom. The van der Waals surface area contributed by atoms with E-state index in [1.165, 1.54) is 5.56 Å². The van der Waals surface area contributed by atoms with Crippen molar-refractivity contribution < 1.29 is 14.6 Å². The van der Waals surface area contributed by atoms with Gasteiger partial charge in [0.2, 0.25) is 0 Å². The van der Waals surface area contributed by atoms with Gasteiger partial charge in [-0.25, -0.2) is 0 Å². The van der Waals surface area contributed by atoms with Gasteiger partial charge in [0.15, 0.2) is 0 Å². The summed E-state index contributed by atoms with van der Waals surface area (Å²) >= 11 is 6.12. The predicted molar refractivity (Wildman–Crippen MR) is 83.0 cm³/mol. The van der Waals surface area contributed by atoms with E-state index in [2.05, 4.69) is 12.2 Å². The number of ether oxygens (including phenoxy) is 1. The lowest BCUT2D eigenvalue weighted by Gasteiger charge is -2.12. The normalized spacial score (nSPS) is 14.6. The number of carbonyl (C=O) groups is 1. The number of carboxylic acid groups (broad SMARTS) is 1. The first-order valence-electron chi connectivity index (χ1n) is 7.43. The van der Waals surface area contributed by atoms with Crippen LogP contribution in [0, 0.1) is 5.92 Å². The van der Waals surface area contributed by atoms with Gasteiger partial charge in [-0.15, -0.1) is 0 Å². The predicted octanol–water partition coefficient (Wildman–Crippen LogP) is 3.26. The molecule has 1 aliphatic heterocycles. The van der Waals surface area contributed by atoms with E-state index >= 15 is 0 Å². The number of hydrogen-bond acceptors (Lipinski definition) is 3. The second kappa shape index (κ2) is 7.66. The summed E-state index contributed by atoms with van der Waals surface area (Å²) in [6.07, 6.45) is 2.87. The molecular formula is C16H22ClNO3. The average Bonchev–Trinajstić information content (AvgIpc) is 2.89. The Morgan fingerprint density at radius 3 is 3.05 bits per heavy atom. The van der Waals surface area contributed by atoms with Crippen LogP contribution in [-0.4, -0.2) is 24.2 Å². The van der Waals surface area contributed by atoms with Crippen molar-refractivity contribution in [1.82, 2.24) is 5.32 Å². The molecule has 2 rings (SSSR count). The van der Waals surface area contributed by atoms with Crippen LogP contribution in [0.15, 0.2) is 12.1 Å². The summed E-state index contributed by atoms with van der Waals surface area (Å²) < 4.78 is 5.66. The molecule has 0 radical (unpaired) electrons. The van der Waals surface area contributed by atoms with Gasteiger partial charge in [0, 0.05) is 30.0 Å². The highest BCUT2D eigenvalue weighted by atomic mass is 35.5. The van der Waals surface area contributed by atoms with E-state index in [1.54, 1.807) is 0 Å². The average molecular weight is 312 g/mol. The lowest BCUT2D eigenvalue weighted by molar-refractivity contribution is -0.137. The molecule has 0 spiro atoms. The number of benzene rings is 1. The molecular weight excluding hydrogens is 290 g/mol. The zero-order valence-electron chi connectivity index (χ0n) is 12.3. The molecule has 4 nitrogen and oxygen atoms in total. The molecule has 5 heteroatoms. The van der Waals surface area contributed by atoms with Crippen molar-refractivity contribution in [2.24, 2.45) is 5.92 Å². The molecule has 2 N–H and O–H groups in total. The third-order valence-electron chi connectivity index (χ3n) is 3.81. The maximum atomic E-state index is 10.5. The minimum absolute atomic E-state index is 0.247. The minimum Gasteiger partial charge on any atom is -0.493 e. The van der Waals surface area contributed by atoms with E-state index < -0.39 is 5.97 Å². The largest absolute Gasteiger partial charge is 0.493 e. The molecule has 21 heavy (non-hydrogen) atoms. The summed E-state index contributed by atoms with van der Waals surface area (Å²) in [6, 6.07) is 3.92. The van der Waals surface area contributed by atoms with Crippen LogP contribution in [0.3, 0.4) is 0 Å². The van der Waals surface area contributed by atoms with E-state index in [-0.39, 0.29) is 6.42 Å². The SMILES string of the molecule is CC(CCNCc1cc(Cl)cc2c1OCC2)CCC(=O)O. The molecule has 1 unspecified atom stereocenters. The molecule has 0 amide bonds. The molecule has 1 aromatic rings. The molecule has 0 aromatic heterocycles. The van der Waals surface area contributed by atoms with Gasteiger partial charge in [-0.1, -0.05) is 18.5 Å². The third-order valence-corrected chi connectivity index (χ3v) is 4.02. The maximum Gasteiger partial charge on any atom is 0.303 e. The van der Waals surface area contributed by atoms with Gasteiger partial charge in [0.05, 0.1) is 6.61 Å². The highest BCUT2D eigenvalue weighted by Gasteiger charge is 2.17. The van der Waals surface area contributed by atoms with E-state index in [1.807, 2.05) is 12.1 Å². The van der Waals surface area contributed by atoms with Gasteiger partial charge >= 0.3 is 5.97 Å². The number of halogens is 1. The second-order valence-corrected chi connectivity index (χ2v) is 6.09. The van der Waals surface area contributed by atoms with Crippen molar-refractivity contribution in [1.29, 1.82) is 0 Å². The number of rotatable bonds is 8. The van der Waals surface area contributed by atoms with Crippen molar-refractivity contribution in [2.45, 2.75) is 39.2 Å². The topological polar surface area (TPSA) is 58.6 Å². The molecule has 0 aliphatic carbocycles. The molecule has 116 valence electrons. The molecule has 0 saturated heterocycles. The molecule has 0 saturated carbocycles. The Bertz CT molecular complexity index is 505. The van der Waals surface area contributed by atoms with Crippen LogP contribution in [0.4, 0.5) is 0 Å². The molecule has 1 atom stereocenters. The molecule has 0 bridgehead atoms. The van der Waals surface area contributed by atoms with Gasteiger partial charge in [0.1, 0.15) is 5.75 Å². The number of hydrogen-bond donors (Lipinski definition) is 2. The Balaban J connectivity index is 1.75. The quantitative estimate of drug-likeness (QED) is 0.724. The van der Waals surface area contributed by atoms with Gasteiger partial charge < -0.3 is 15.2 Å². The van der Waals surface area contributed by atoms with Crippen LogP contribution in [0.5, 0.6) is 5.75 Å². The lowest BCUT2D eigenvalue weighted by atomic mass is 10.0. The summed E-state index contributed by atoms with van der Waals surface area (Å²) in [5.74, 6) is 0.669. The highest BCUT2D eigenvalue weighted by Crippen LogP contribution is 2.32. The molecule has 1 heterocycles. The Morgan fingerprint density at radius 2 is 2.29 bits per heavy atom. The van der Waals surface area contributed by atoms with Gasteiger partial charge in [-0.05, 0) is 43.0 Å². The third kappa shape index (κ3) is 4.90. The van der Waals surface area contributed by atoms with Crippen molar-refractivity contribution in [3.8, 4) is 5.75 Å². The van der Waals surface area contributed by atoms with Crippen molar-refractivity contribution in [3.05, 3.63) is 28.3 Å². The Hall–Kier alpha value is -1.26. The smallest absolute Gasteiger partial charge is 0.303 e. The van der Waals surface area contributed by atoms with Crippen molar-refractivity contribution in [2.75, 3.05) is 13.2 Å². The summed E-state index contributed by atoms with van der Waals surface area (Å²) in [5.41, 5.74) is 2.29. The van der Waals surface area contributed by atoms with Crippen LogP contribution in [0.2, 0.25) is 5.02 Å². The first-order valence-corrected chi connectivity index (χ1v) is 7.80. The van der Waals surface area contributed by atoms with Gasteiger partial charge in [-0.2, -0.15) is 0 Å². The standard InChI is InChI=1S/C16H22ClNO3/c1-11(2-3-15(19)20)4-6-18-10-13-9-14(17)8-12-5-7-21-16(12)13/h8-9,11,18H,2-7,10H2,1H3,(H,19,20). The van der Waals surface area contributed by atoms with Crippen LogP contribution < -0.4 is 10.1 Å². The fourth-order valence-corrected chi connectivity index (χ4v) is 2.83. The molecule has 0 fully saturated rings. The van der Waals surface area contributed by atoms with Gasteiger partial charge in [0.25, 0.3) is 0 Å². The number of fused-ring (bicyclic) bond motifs is 1. The van der Waals surface area contributed by atoms with E-state index in [0.29, 0.717) is 5.92 Å². The zero-order valence-corrected chi connectivity index (χ0v) is 13.1. The number of carboxylic acids is 1. The first kappa shape index (κ1) is 16.1. The summed E-state index contributed by atoms with van der Waals surface area (Å²) in [5, 5.41) is 12.8. The fraction of sp³-hybridized carbons (Fsp3) is 0.562. The van der Waals surface area contributed by atoms with E-state index in [4.69, 9.17) is 21.4 Å². The maximum absolute atomic E-state index is 10.5. The van der Waals surface area contributed by atoms with Crippen LogP contribution >= 0.6 is 11.6 Å². The Kier molecular flexibility index (Phi) is 5.88. The van der Waals surface area contributed by atoms with Crippen LogP contribution in [-0.2, 0) is 17.8 Å². The van der Waals surface area contributed by atoms with E-state index in [9.17, 15) is 4.79 Å². The van der Waals surface area contributed by atoms with Crippen LogP contribution in [0.1, 0.15) is 37.3 Å². The fourth-order valence-electron chi connectivity index (χ4n) is 2.56. The van der Waals surface area contributed by atoms with Gasteiger partial charge in [-0.3, -0.25) is 4.79 Å². The lowest BCUT2D eigenvalue weighted by Crippen LogP contribution is -2.17. The summed E-state index contributed by atoms with van der Waals surface area (Å²) in [6.45, 7) is 4.41. The van der Waals surface area contributed by atoms with E-state index in [0.717, 1.165) is 55.3 Å². The minimum atomic E-state index is -0.721. The number of aliphatic carboxylic acids is 1. The monoisotopic (exact) mass is 311 g/mol. The second-order valence-electron chi connectivity index (χ2n) is 5.65. The molecule has 1 aromatic carbocycles. The first-order chi connectivity index (χ1) is 10.1. The van der Waals surface area contributed by atoms with Crippen molar-refractivity contribution >= 4 is 17.6 Å². The Labute approximate surface area is 130 Å². The van der Waals surface area contributed by atoms with Crippen LogP contribution in [0.25, 0.3) is 0 Å². The highest BCUT2D eigenvalue weighted by molar-refractivity contribution is 6.30. The molecule has 1 aliphatic rings. The summed E-state index contributed by atoms with van der Waals surface area (Å²) in [7, 11) is 0. The zero-order chi connectivity index (χ0) is 15.2. The van der Waals surface area contributed by atoms with Crippen molar-refractivity contribution in [3.63, 3.8) is 0 Å².